The zero-order valence-corrected chi connectivity index (χ0v) is 21.2. The van der Waals surface area contributed by atoms with Gasteiger partial charge in [-0.15, -0.1) is 35.3 Å². The number of guanidine groups is 1. The number of rotatable bonds is 7. The summed E-state index contributed by atoms with van der Waals surface area (Å²) < 4.78 is 31.8. The molecule has 0 aromatic carbocycles. The van der Waals surface area contributed by atoms with Gasteiger partial charge in [0.05, 0.1) is 30.7 Å². The molecule has 0 unspecified atom stereocenters. The first kappa shape index (κ1) is 25.5. The number of nitrogens with one attached hydrogen (secondary N) is 1. The van der Waals surface area contributed by atoms with Gasteiger partial charge in [-0.05, 0) is 27.7 Å². The maximum atomic E-state index is 12.4. The van der Waals surface area contributed by atoms with Crippen LogP contribution >= 0.6 is 35.3 Å². The molecule has 0 atom stereocenters. The Kier molecular flexibility index (Phi) is 10.6. The van der Waals surface area contributed by atoms with Crippen molar-refractivity contribution in [3.05, 3.63) is 15.6 Å². The Morgan fingerprint density at radius 1 is 1.29 bits per heavy atom. The molecule has 1 saturated heterocycles. The van der Waals surface area contributed by atoms with E-state index in [9.17, 15) is 8.42 Å². The molecule has 1 N–H and O–H groups in total. The number of piperazine rings is 1. The van der Waals surface area contributed by atoms with E-state index in [4.69, 9.17) is 4.74 Å². The highest BCUT2D eigenvalue weighted by Gasteiger charge is 2.28. The van der Waals surface area contributed by atoms with Crippen LogP contribution in [0, 0.1) is 13.8 Å². The average Bonchev–Trinajstić information content (AvgIpc) is 2.93. The van der Waals surface area contributed by atoms with Crippen molar-refractivity contribution in [3.63, 3.8) is 0 Å². The first-order valence-corrected chi connectivity index (χ1v) is 11.6. The molecule has 162 valence electrons. The second-order valence-electron chi connectivity index (χ2n) is 6.77. The van der Waals surface area contributed by atoms with Gasteiger partial charge in [-0.2, -0.15) is 4.31 Å². The van der Waals surface area contributed by atoms with Gasteiger partial charge in [0, 0.05) is 38.1 Å². The van der Waals surface area contributed by atoms with Crippen molar-refractivity contribution in [1.82, 2.24) is 19.5 Å². The number of ether oxygens (including phenoxy) is 1. The predicted molar refractivity (Wildman–Crippen MR) is 125 cm³/mol. The van der Waals surface area contributed by atoms with Crippen LogP contribution in [0.5, 0.6) is 0 Å². The van der Waals surface area contributed by atoms with E-state index in [2.05, 4.69) is 27.1 Å². The Balaban J connectivity index is 0.00000392. The third kappa shape index (κ3) is 7.39. The van der Waals surface area contributed by atoms with Crippen LogP contribution in [0.2, 0.25) is 0 Å². The lowest BCUT2D eigenvalue weighted by Gasteiger charge is -2.35. The Labute approximate surface area is 189 Å². The summed E-state index contributed by atoms with van der Waals surface area (Å²) >= 11 is 1.68. The molecule has 0 bridgehead atoms. The van der Waals surface area contributed by atoms with Crippen molar-refractivity contribution in [3.8, 4) is 0 Å². The van der Waals surface area contributed by atoms with E-state index in [1.807, 2.05) is 20.8 Å². The minimum absolute atomic E-state index is 0. The van der Waals surface area contributed by atoms with Crippen LogP contribution in [0.1, 0.15) is 29.4 Å². The molecule has 0 aliphatic carbocycles. The van der Waals surface area contributed by atoms with Gasteiger partial charge in [0.25, 0.3) is 0 Å². The maximum absolute atomic E-state index is 12.4. The maximum Gasteiger partial charge on any atom is 0.216 e. The van der Waals surface area contributed by atoms with Crippen LogP contribution in [-0.4, -0.2) is 80.3 Å². The lowest BCUT2D eigenvalue weighted by atomic mass is 10.4. The van der Waals surface area contributed by atoms with E-state index in [0.717, 1.165) is 16.7 Å². The summed E-state index contributed by atoms with van der Waals surface area (Å²) in [4.78, 5) is 12.2. The van der Waals surface area contributed by atoms with E-state index < -0.39 is 10.0 Å². The second-order valence-corrected chi connectivity index (χ2v) is 10.1. The van der Waals surface area contributed by atoms with E-state index in [-0.39, 0.29) is 42.4 Å². The third-order valence-corrected chi connectivity index (χ3v) is 7.31. The molecular weight excluding hydrogens is 513 g/mol. The molecule has 1 aromatic heterocycles. The van der Waals surface area contributed by atoms with E-state index in [0.29, 0.717) is 32.7 Å². The Morgan fingerprint density at radius 3 is 2.43 bits per heavy atom. The van der Waals surface area contributed by atoms with Gasteiger partial charge < -0.3 is 15.0 Å². The summed E-state index contributed by atoms with van der Waals surface area (Å²) in [7, 11) is -1.54. The summed E-state index contributed by atoms with van der Waals surface area (Å²) in [5.74, 6) is 0.807. The van der Waals surface area contributed by atoms with Crippen molar-refractivity contribution in [1.29, 1.82) is 0 Å². The van der Waals surface area contributed by atoms with Crippen molar-refractivity contribution in [2.24, 2.45) is 4.99 Å². The minimum atomic E-state index is -3.28. The molecule has 28 heavy (non-hydrogen) atoms. The third-order valence-electron chi connectivity index (χ3n) is 4.41. The lowest BCUT2D eigenvalue weighted by Crippen LogP contribution is -2.54. The van der Waals surface area contributed by atoms with Gasteiger partial charge in [-0.3, -0.25) is 4.99 Å². The molecule has 0 saturated carbocycles. The van der Waals surface area contributed by atoms with Crippen molar-refractivity contribution in [2.75, 3.05) is 45.6 Å². The van der Waals surface area contributed by atoms with Crippen LogP contribution < -0.4 is 5.32 Å². The summed E-state index contributed by atoms with van der Waals surface area (Å²) in [5, 5.41) is 4.36. The molecule has 1 fully saturated rings. The molecular formula is C17H32IN5O3S2. The fourth-order valence-corrected chi connectivity index (χ4v) is 4.96. The molecule has 1 aromatic rings. The highest BCUT2D eigenvalue weighted by Crippen LogP contribution is 2.16. The number of hydrogen-bond donors (Lipinski definition) is 1. The number of nitrogens with zero attached hydrogens (tertiary/aromatic N) is 4. The van der Waals surface area contributed by atoms with E-state index >= 15 is 0 Å². The Hall–Kier alpha value is -0.500. The molecule has 0 amide bonds. The van der Waals surface area contributed by atoms with Gasteiger partial charge in [0.1, 0.15) is 5.01 Å². The standard InChI is InChI=1S/C17H31N5O3S2.HI/c1-13(2)25-10-11-27(23,24)22-8-6-21(7-9-22)17(18-5)19-12-16-20-14(3)15(4)26-16;/h13H,6-12H2,1-5H3,(H,18,19);1H. The Bertz CT molecular complexity index is 724. The first-order chi connectivity index (χ1) is 12.7. The average molecular weight is 546 g/mol. The monoisotopic (exact) mass is 545 g/mol. The molecule has 0 radical (unpaired) electrons. The van der Waals surface area contributed by atoms with Gasteiger partial charge >= 0.3 is 0 Å². The second kappa shape index (κ2) is 11.6. The summed E-state index contributed by atoms with van der Waals surface area (Å²) in [6.45, 7) is 10.9. The molecule has 2 heterocycles. The quantitative estimate of drug-likeness (QED) is 0.320. The Morgan fingerprint density at radius 2 is 1.93 bits per heavy atom. The number of aliphatic imine (C=N–C) groups is 1. The van der Waals surface area contributed by atoms with Gasteiger partial charge in [-0.1, -0.05) is 0 Å². The van der Waals surface area contributed by atoms with Crippen molar-refractivity contribution in [2.45, 2.75) is 40.3 Å². The number of hydrogen-bond acceptors (Lipinski definition) is 6. The molecule has 0 spiro atoms. The summed E-state index contributed by atoms with van der Waals surface area (Å²) in [5.41, 5.74) is 1.06. The molecule has 2 rings (SSSR count). The number of thiazole rings is 1. The van der Waals surface area contributed by atoms with Crippen LogP contribution in [0.4, 0.5) is 0 Å². The van der Waals surface area contributed by atoms with Crippen LogP contribution in [0.3, 0.4) is 0 Å². The summed E-state index contributed by atoms with van der Waals surface area (Å²) in [6, 6.07) is 0. The van der Waals surface area contributed by atoms with E-state index in [1.165, 1.54) is 4.88 Å². The van der Waals surface area contributed by atoms with Gasteiger partial charge in [0.2, 0.25) is 10.0 Å². The number of halogens is 1. The molecule has 11 heteroatoms. The first-order valence-electron chi connectivity index (χ1n) is 9.21. The highest BCUT2D eigenvalue weighted by atomic mass is 127. The number of aryl methyl sites for hydroxylation is 2. The largest absolute Gasteiger partial charge is 0.378 e. The lowest BCUT2D eigenvalue weighted by molar-refractivity contribution is 0.0904. The predicted octanol–water partition coefficient (Wildman–Crippen LogP) is 1.83. The molecule has 1 aliphatic heterocycles. The van der Waals surface area contributed by atoms with Crippen molar-refractivity contribution < 1.29 is 13.2 Å². The smallest absolute Gasteiger partial charge is 0.216 e. The number of sulfonamides is 1. The fourth-order valence-electron chi connectivity index (χ4n) is 2.80. The molecule has 8 nitrogen and oxygen atoms in total. The molecule has 1 aliphatic rings. The zero-order valence-electron chi connectivity index (χ0n) is 17.3. The normalized spacial score (nSPS) is 16.4. The minimum Gasteiger partial charge on any atom is -0.378 e. The fraction of sp³-hybridized carbons (Fsp3) is 0.765. The zero-order chi connectivity index (χ0) is 20.0. The van der Waals surface area contributed by atoms with Crippen LogP contribution in [0.15, 0.2) is 4.99 Å². The van der Waals surface area contributed by atoms with Gasteiger partial charge in [0.15, 0.2) is 5.96 Å². The van der Waals surface area contributed by atoms with Crippen LogP contribution in [0.25, 0.3) is 0 Å². The van der Waals surface area contributed by atoms with Crippen LogP contribution in [-0.2, 0) is 21.3 Å². The van der Waals surface area contributed by atoms with E-state index in [1.54, 1.807) is 22.7 Å². The topological polar surface area (TPSA) is 87.1 Å². The van der Waals surface area contributed by atoms with Crippen molar-refractivity contribution >= 4 is 51.3 Å². The summed E-state index contributed by atoms with van der Waals surface area (Å²) in [6.07, 6.45) is 0.0388. The number of aromatic nitrogens is 1. The highest BCUT2D eigenvalue weighted by molar-refractivity contribution is 14.0. The van der Waals surface area contributed by atoms with Gasteiger partial charge in [-0.25, -0.2) is 13.4 Å². The SMILES string of the molecule is CN=C(NCc1nc(C)c(C)s1)N1CCN(S(=O)(=O)CCOC(C)C)CC1.I.